The highest BCUT2D eigenvalue weighted by atomic mass is 19.1. The minimum absolute atomic E-state index is 0.0281. The summed E-state index contributed by atoms with van der Waals surface area (Å²) in [6.07, 6.45) is 8.53. The molecule has 0 aliphatic carbocycles. The van der Waals surface area contributed by atoms with Gasteiger partial charge in [0.15, 0.2) is 11.6 Å². The molecule has 1 aliphatic heterocycles. The highest BCUT2D eigenvalue weighted by Gasteiger charge is 2.28. The maximum absolute atomic E-state index is 14.5. The number of benzene rings is 2. The van der Waals surface area contributed by atoms with E-state index in [0.29, 0.717) is 36.5 Å². The van der Waals surface area contributed by atoms with Crippen molar-refractivity contribution < 1.29 is 18.7 Å². The first kappa shape index (κ1) is 25.1. The molecule has 2 amide bonds. The molecule has 0 atom stereocenters. The zero-order chi connectivity index (χ0) is 25.3. The van der Waals surface area contributed by atoms with Gasteiger partial charge in [-0.25, -0.2) is 4.39 Å². The number of rotatable bonds is 8. The van der Waals surface area contributed by atoms with E-state index in [2.05, 4.69) is 4.98 Å². The molecule has 0 unspecified atom stereocenters. The van der Waals surface area contributed by atoms with E-state index in [4.69, 9.17) is 4.74 Å². The van der Waals surface area contributed by atoms with Crippen molar-refractivity contribution in [3.63, 3.8) is 0 Å². The highest BCUT2D eigenvalue weighted by molar-refractivity contribution is 5.94. The molecule has 1 saturated heterocycles. The van der Waals surface area contributed by atoms with E-state index in [9.17, 15) is 14.0 Å². The van der Waals surface area contributed by atoms with Crippen LogP contribution in [0.2, 0.25) is 0 Å². The Morgan fingerprint density at radius 2 is 1.89 bits per heavy atom. The van der Waals surface area contributed by atoms with Crippen LogP contribution in [0.4, 0.5) is 4.39 Å². The van der Waals surface area contributed by atoms with Crippen LogP contribution in [-0.2, 0) is 4.79 Å². The second-order valence-corrected chi connectivity index (χ2v) is 8.74. The summed E-state index contributed by atoms with van der Waals surface area (Å²) in [4.78, 5) is 33.5. The summed E-state index contributed by atoms with van der Waals surface area (Å²) in [6.45, 7) is 3.89. The molecular weight excluding hydrogens is 457 g/mol. The van der Waals surface area contributed by atoms with Crippen molar-refractivity contribution >= 4 is 17.9 Å². The lowest BCUT2D eigenvalue weighted by Crippen LogP contribution is -2.48. The lowest BCUT2D eigenvalue weighted by atomic mass is 10.0. The number of hydrogen-bond acceptors (Lipinski definition) is 4. The second kappa shape index (κ2) is 12.1. The van der Waals surface area contributed by atoms with Crippen LogP contribution in [0.5, 0.6) is 11.5 Å². The molecule has 186 valence electrons. The Bertz CT molecular complexity index is 1190. The number of carbonyl (C=O) groups excluding carboxylic acids is 2. The van der Waals surface area contributed by atoms with Gasteiger partial charge in [-0.1, -0.05) is 31.2 Å². The molecule has 1 aliphatic rings. The molecule has 0 saturated carbocycles. The molecule has 2 heterocycles. The zero-order valence-electron chi connectivity index (χ0n) is 20.3. The van der Waals surface area contributed by atoms with Gasteiger partial charge in [0.05, 0.1) is 6.20 Å². The summed E-state index contributed by atoms with van der Waals surface area (Å²) in [5.74, 6) is -0.0621. The number of piperidine rings is 1. The van der Waals surface area contributed by atoms with Crippen molar-refractivity contribution in [1.29, 1.82) is 0 Å². The SMILES string of the molecule is CCCN(C(=O)/C=C/c1ccc(Oc2cccnc2)c(F)c1)C1CCN(C(=O)c2ccccc2)CC1. The van der Waals surface area contributed by atoms with Crippen LogP contribution in [0.15, 0.2) is 79.1 Å². The maximum Gasteiger partial charge on any atom is 0.253 e. The van der Waals surface area contributed by atoms with E-state index in [1.54, 1.807) is 30.5 Å². The summed E-state index contributed by atoms with van der Waals surface area (Å²) < 4.78 is 20.1. The first-order valence-corrected chi connectivity index (χ1v) is 12.3. The van der Waals surface area contributed by atoms with Crippen LogP contribution < -0.4 is 4.74 Å². The fourth-order valence-corrected chi connectivity index (χ4v) is 4.36. The summed E-state index contributed by atoms with van der Waals surface area (Å²) in [6, 6.07) is 17.3. The molecule has 1 fully saturated rings. The van der Waals surface area contributed by atoms with Crippen molar-refractivity contribution in [3.05, 3.63) is 96.1 Å². The molecule has 0 radical (unpaired) electrons. The number of ether oxygens (including phenoxy) is 1. The third kappa shape index (κ3) is 6.36. The van der Waals surface area contributed by atoms with E-state index >= 15 is 0 Å². The lowest BCUT2D eigenvalue weighted by Gasteiger charge is -2.38. The number of likely N-dealkylation sites (tertiary alicyclic amines) is 1. The Kier molecular flexibility index (Phi) is 8.44. The van der Waals surface area contributed by atoms with Gasteiger partial charge < -0.3 is 14.5 Å². The number of carbonyl (C=O) groups is 2. The summed E-state index contributed by atoms with van der Waals surface area (Å²) in [5, 5.41) is 0. The average molecular weight is 488 g/mol. The largest absolute Gasteiger partial charge is 0.453 e. The Hall–Kier alpha value is -4.00. The lowest BCUT2D eigenvalue weighted by molar-refractivity contribution is -0.129. The van der Waals surface area contributed by atoms with Gasteiger partial charge in [-0.15, -0.1) is 0 Å². The molecule has 36 heavy (non-hydrogen) atoms. The predicted molar refractivity (Wildman–Crippen MR) is 137 cm³/mol. The normalized spacial score (nSPS) is 14.1. The standard InChI is InChI=1S/C29H30FN3O3/c1-2-17-33(24-14-18-32(19-15-24)29(35)23-7-4-3-5-8-23)28(34)13-11-22-10-12-27(26(30)20-22)36-25-9-6-16-31-21-25/h3-13,16,20-21,24H,2,14-15,17-19H2,1H3/b13-11+. The van der Waals surface area contributed by atoms with Crippen molar-refractivity contribution in [1.82, 2.24) is 14.8 Å². The number of amides is 2. The number of hydrogen-bond donors (Lipinski definition) is 0. The van der Waals surface area contributed by atoms with Gasteiger partial charge in [0.1, 0.15) is 5.75 Å². The van der Waals surface area contributed by atoms with Crippen LogP contribution in [0.3, 0.4) is 0 Å². The summed E-state index contributed by atoms with van der Waals surface area (Å²) >= 11 is 0. The van der Waals surface area contributed by atoms with Crippen molar-refractivity contribution in [2.45, 2.75) is 32.2 Å². The zero-order valence-corrected chi connectivity index (χ0v) is 20.3. The van der Waals surface area contributed by atoms with Gasteiger partial charge in [-0.3, -0.25) is 14.6 Å². The summed E-state index contributed by atoms with van der Waals surface area (Å²) in [7, 11) is 0. The fraction of sp³-hybridized carbons (Fsp3) is 0.276. The van der Waals surface area contributed by atoms with E-state index in [-0.39, 0.29) is 23.6 Å². The third-order valence-corrected chi connectivity index (χ3v) is 6.20. The van der Waals surface area contributed by atoms with Gasteiger partial charge in [0, 0.05) is 43.5 Å². The van der Waals surface area contributed by atoms with Crippen LogP contribution in [-0.4, -0.2) is 52.3 Å². The fourth-order valence-electron chi connectivity index (χ4n) is 4.36. The van der Waals surface area contributed by atoms with Crippen LogP contribution in [0.25, 0.3) is 6.08 Å². The molecule has 0 N–H and O–H groups in total. The first-order chi connectivity index (χ1) is 17.5. The van der Waals surface area contributed by atoms with E-state index in [1.165, 1.54) is 24.4 Å². The molecular formula is C29H30FN3O3. The molecule has 7 heteroatoms. The quantitative estimate of drug-likeness (QED) is 0.390. The average Bonchev–Trinajstić information content (AvgIpc) is 2.92. The molecule has 3 aromatic rings. The Balaban J connectivity index is 1.36. The Labute approximate surface area is 211 Å². The van der Waals surface area contributed by atoms with Crippen LogP contribution in [0, 0.1) is 5.82 Å². The second-order valence-electron chi connectivity index (χ2n) is 8.74. The third-order valence-electron chi connectivity index (χ3n) is 6.20. The number of nitrogens with zero attached hydrogens (tertiary/aromatic N) is 3. The van der Waals surface area contributed by atoms with Crippen molar-refractivity contribution in [2.75, 3.05) is 19.6 Å². The number of halogens is 1. The van der Waals surface area contributed by atoms with Crippen molar-refractivity contribution in [3.8, 4) is 11.5 Å². The van der Waals surface area contributed by atoms with Crippen LogP contribution in [0.1, 0.15) is 42.1 Å². The molecule has 1 aromatic heterocycles. The predicted octanol–water partition coefficient (Wildman–Crippen LogP) is 5.57. The van der Waals surface area contributed by atoms with Gasteiger partial charge in [-0.05, 0) is 67.3 Å². The smallest absolute Gasteiger partial charge is 0.253 e. The number of aromatic nitrogens is 1. The Morgan fingerprint density at radius 1 is 1.11 bits per heavy atom. The molecule has 0 bridgehead atoms. The Morgan fingerprint density at radius 3 is 2.56 bits per heavy atom. The van der Waals surface area contributed by atoms with Crippen LogP contribution >= 0.6 is 0 Å². The first-order valence-electron chi connectivity index (χ1n) is 12.3. The van der Waals surface area contributed by atoms with Crippen molar-refractivity contribution in [2.24, 2.45) is 0 Å². The molecule has 4 rings (SSSR count). The monoisotopic (exact) mass is 487 g/mol. The molecule has 0 spiro atoms. The van der Waals surface area contributed by atoms with Gasteiger partial charge in [-0.2, -0.15) is 0 Å². The maximum atomic E-state index is 14.5. The minimum Gasteiger partial charge on any atom is -0.453 e. The topological polar surface area (TPSA) is 62.7 Å². The van der Waals surface area contributed by atoms with Gasteiger partial charge >= 0.3 is 0 Å². The van der Waals surface area contributed by atoms with Gasteiger partial charge in [0.2, 0.25) is 5.91 Å². The van der Waals surface area contributed by atoms with E-state index in [0.717, 1.165) is 19.3 Å². The molecule has 2 aromatic carbocycles. The minimum atomic E-state index is -0.519. The van der Waals surface area contributed by atoms with E-state index < -0.39 is 5.82 Å². The number of pyridine rings is 1. The highest BCUT2D eigenvalue weighted by Crippen LogP contribution is 2.25. The summed E-state index contributed by atoms with van der Waals surface area (Å²) in [5.41, 5.74) is 1.25. The molecule has 6 nitrogen and oxygen atoms in total. The van der Waals surface area contributed by atoms with E-state index in [1.807, 2.05) is 47.1 Å². The van der Waals surface area contributed by atoms with Gasteiger partial charge in [0.25, 0.3) is 5.91 Å².